The largest absolute Gasteiger partial charge is 0.481 e. The number of carbonyl (C=O) groups is 2. The number of halogens is 3. The van der Waals surface area contributed by atoms with E-state index in [0.29, 0.717) is 37.2 Å². The van der Waals surface area contributed by atoms with Crippen LogP contribution in [0.25, 0.3) is 11.1 Å². The van der Waals surface area contributed by atoms with E-state index in [0.717, 1.165) is 28.3 Å². The van der Waals surface area contributed by atoms with Crippen LogP contribution in [0.2, 0.25) is 0 Å². The zero-order valence-electron chi connectivity index (χ0n) is 25.8. The number of carboxylic acids is 1. The fourth-order valence-electron chi connectivity index (χ4n) is 5.91. The summed E-state index contributed by atoms with van der Waals surface area (Å²) in [5, 5.41) is 12.3. The molecule has 7 nitrogen and oxygen atoms in total. The molecule has 1 saturated heterocycles. The van der Waals surface area contributed by atoms with E-state index in [9.17, 15) is 23.9 Å². The Morgan fingerprint density at radius 1 is 1.05 bits per heavy atom. The summed E-state index contributed by atoms with van der Waals surface area (Å²) in [6.45, 7) is 10.6. The number of pyridine rings is 1. The van der Waals surface area contributed by atoms with Crippen LogP contribution in [-0.4, -0.2) is 52.3 Å². The van der Waals surface area contributed by atoms with Gasteiger partial charge in [0.25, 0.3) is 5.56 Å². The smallest absolute Gasteiger partial charge is 0.305 e. The van der Waals surface area contributed by atoms with E-state index in [-0.39, 0.29) is 17.9 Å². The first-order chi connectivity index (χ1) is 20.7. The van der Waals surface area contributed by atoms with Gasteiger partial charge in [-0.3, -0.25) is 19.3 Å². The predicted octanol–water partition coefficient (Wildman–Crippen LogP) is 5.83. The van der Waals surface area contributed by atoms with Crippen molar-refractivity contribution in [3.05, 3.63) is 92.4 Å². The van der Waals surface area contributed by atoms with Gasteiger partial charge in [0, 0.05) is 37.5 Å². The number of carboxylic acid groups (broad SMARTS) is 1. The maximum absolute atomic E-state index is 15.4. The highest BCUT2D eigenvalue weighted by atomic mass is 19.2. The Morgan fingerprint density at radius 2 is 1.70 bits per heavy atom. The Bertz CT molecular complexity index is 1580. The maximum atomic E-state index is 15.4. The molecule has 2 N–H and O–H groups in total. The van der Waals surface area contributed by atoms with Crippen molar-refractivity contribution in [1.82, 2.24) is 14.8 Å². The van der Waals surface area contributed by atoms with Crippen LogP contribution < -0.4 is 10.9 Å². The standard InChI is InChI=1S/C34H40F3N3O4/c1-19(2)11-29(40-16-23(22(5)12-30(40)41)9-10-39-17-25(35)18-39)34(44)38-28(15-31(42)43)26-13-24(14-27(36)33(26)37)32-20(3)7-6-8-21(32)4/h6-8,12-14,16,19,25,28-29H,9-11,15,17-18H2,1-5H3,(H,38,44)(H,42,43). The van der Waals surface area contributed by atoms with E-state index < -0.39 is 53.7 Å². The van der Waals surface area contributed by atoms with Gasteiger partial charge < -0.3 is 15.0 Å². The summed E-state index contributed by atoms with van der Waals surface area (Å²) in [6.07, 6.45) is 0.884. The van der Waals surface area contributed by atoms with Crippen LogP contribution in [0.3, 0.4) is 0 Å². The SMILES string of the molecule is Cc1cc(=O)n(C(CC(C)C)C(=O)NC(CC(=O)O)c2cc(-c3c(C)cccc3C)cc(F)c2F)cc1CCN1CC(F)C1. The number of nitrogens with zero attached hydrogens (tertiary/aromatic N) is 2. The maximum Gasteiger partial charge on any atom is 0.305 e. The van der Waals surface area contributed by atoms with Gasteiger partial charge >= 0.3 is 5.97 Å². The molecule has 1 amide bonds. The van der Waals surface area contributed by atoms with Gasteiger partial charge in [-0.15, -0.1) is 0 Å². The second kappa shape index (κ2) is 13.8. The van der Waals surface area contributed by atoms with Crippen molar-refractivity contribution in [3.63, 3.8) is 0 Å². The number of amides is 1. The molecule has 2 atom stereocenters. The summed E-state index contributed by atoms with van der Waals surface area (Å²) in [4.78, 5) is 40.9. The predicted molar refractivity (Wildman–Crippen MR) is 163 cm³/mol. The molecule has 0 bridgehead atoms. The number of carbonyl (C=O) groups excluding carboxylic acids is 1. The first-order valence-electron chi connectivity index (χ1n) is 14.9. The van der Waals surface area contributed by atoms with E-state index >= 15 is 8.78 Å². The van der Waals surface area contributed by atoms with Crippen LogP contribution in [0.4, 0.5) is 13.2 Å². The average Bonchev–Trinajstić information content (AvgIpc) is 2.91. The van der Waals surface area contributed by atoms with E-state index in [1.54, 1.807) is 13.1 Å². The van der Waals surface area contributed by atoms with Gasteiger partial charge in [-0.05, 0) is 85.0 Å². The molecule has 3 aromatic rings. The van der Waals surface area contributed by atoms with Crippen LogP contribution in [0.1, 0.15) is 66.6 Å². The second-order valence-corrected chi connectivity index (χ2v) is 12.3. The molecule has 2 aromatic carbocycles. The molecule has 2 heterocycles. The van der Waals surface area contributed by atoms with Gasteiger partial charge in [-0.1, -0.05) is 32.0 Å². The van der Waals surface area contributed by atoms with Gasteiger partial charge in [-0.25, -0.2) is 13.2 Å². The summed E-state index contributed by atoms with van der Waals surface area (Å²) in [6, 6.07) is 6.98. The normalized spacial score (nSPS) is 15.2. The van der Waals surface area contributed by atoms with Gasteiger partial charge in [-0.2, -0.15) is 0 Å². The van der Waals surface area contributed by atoms with Crippen LogP contribution in [0.5, 0.6) is 0 Å². The number of rotatable bonds is 12. The zero-order chi connectivity index (χ0) is 32.3. The van der Waals surface area contributed by atoms with Crippen LogP contribution in [-0.2, 0) is 16.0 Å². The Hall–Kier alpha value is -3.92. The van der Waals surface area contributed by atoms with Crippen molar-refractivity contribution < 1.29 is 27.9 Å². The first-order valence-corrected chi connectivity index (χ1v) is 14.9. The molecule has 1 fully saturated rings. The second-order valence-electron chi connectivity index (χ2n) is 12.3. The van der Waals surface area contributed by atoms with Crippen molar-refractivity contribution in [1.29, 1.82) is 0 Å². The number of alkyl halides is 1. The van der Waals surface area contributed by atoms with Crippen molar-refractivity contribution in [3.8, 4) is 11.1 Å². The Kier molecular flexibility index (Phi) is 10.3. The number of aliphatic carboxylic acids is 1. The fraction of sp³-hybridized carbons (Fsp3) is 0.441. The minimum absolute atomic E-state index is 0.0376. The quantitative estimate of drug-likeness (QED) is 0.269. The fourth-order valence-corrected chi connectivity index (χ4v) is 5.91. The summed E-state index contributed by atoms with van der Waals surface area (Å²) in [5.41, 5.74) is 3.56. The summed E-state index contributed by atoms with van der Waals surface area (Å²) < 4.78 is 45.0. The molecular weight excluding hydrogens is 571 g/mol. The van der Waals surface area contributed by atoms with Crippen molar-refractivity contribution in [2.24, 2.45) is 5.92 Å². The van der Waals surface area contributed by atoms with Gasteiger partial charge in [0.15, 0.2) is 11.6 Å². The molecule has 1 aliphatic rings. The lowest BCUT2D eigenvalue weighted by molar-refractivity contribution is -0.138. The molecule has 10 heteroatoms. The number of hydrogen-bond donors (Lipinski definition) is 2. The molecule has 0 saturated carbocycles. The topological polar surface area (TPSA) is 91.6 Å². The number of nitrogens with one attached hydrogen (secondary N) is 1. The number of benzene rings is 2. The van der Waals surface area contributed by atoms with Gasteiger partial charge in [0.05, 0.1) is 12.5 Å². The number of aromatic nitrogens is 1. The minimum Gasteiger partial charge on any atom is -0.481 e. The summed E-state index contributed by atoms with van der Waals surface area (Å²) >= 11 is 0. The molecule has 0 aliphatic carbocycles. The molecule has 0 radical (unpaired) electrons. The van der Waals surface area contributed by atoms with E-state index in [4.69, 9.17) is 0 Å². The van der Waals surface area contributed by atoms with Gasteiger partial charge in [0.2, 0.25) is 5.91 Å². The minimum atomic E-state index is -1.41. The molecule has 44 heavy (non-hydrogen) atoms. The highest BCUT2D eigenvalue weighted by Gasteiger charge is 2.30. The van der Waals surface area contributed by atoms with Crippen LogP contribution >= 0.6 is 0 Å². The zero-order valence-corrected chi connectivity index (χ0v) is 25.8. The monoisotopic (exact) mass is 611 g/mol. The third-order valence-electron chi connectivity index (χ3n) is 8.24. The molecule has 0 spiro atoms. The number of likely N-dealkylation sites (tertiary alicyclic amines) is 1. The van der Waals surface area contributed by atoms with E-state index in [1.807, 2.05) is 50.8 Å². The molecular formula is C34H40F3N3O4. The number of hydrogen-bond acceptors (Lipinski definition) is 4. The van der Waals surface area contributed by atoms with E-state index in [1.165, 1.54) is 16.7 Å². The third-order valence-corrected chi connectivity index (χ3v) is 8.24. The van der Waals surface area contributed by atoms with Crippen LogP contribution in [0.15, 0.2) is 47.4 Å². The van der Waals surface area contributed by atoms with Crippen molar-refractivity contribution in [2.45, 2.75) is 72.1 Å². The third kappa shape index (κ3) is 7.59. The van der Waals surface area contributed by atoms with Crippen molar-refractivity contribution in [2.75, 3.05) is 19.6 Å². The molecule has 2 unspecified atom stereocenters. The molecule has 236 valence electrons. The van der Waals surface area contributed by atoms with Gasteiger partial charge in [0.1, 0.15) is 12.2 Å². The Labute approximate surface area is 255 Å². The molecule has 1 aliphatic heterocycles. The number of aryl methyl sites for hydroxylation is 3. The summed E-state index contributed by atoms with van der Waals surface area (Å²) in [5.74, 6) is -4.44. The van der Waals surface area contributed by atoms with Crippen molar-refractivity contribution >= 4 is 11.9 Å². The lowest BCUT2D eigenvalue weighted by atomic mass is 9.92. The Balaban J connectivity index is 1.71. The molecule has 4 rings (SSSR count). The average molecular weight is 612 g/mol. The van der Waals surface area contributed by atoms with E-state index in [2.05, 4.69) is 5.32 Å². The Morgan fingerprint density at radius 3 is 2.30 bits per heavy atom. The first kappa shape index (κ1) is 33.0. The van der Waals surface area contributed by atoms with Crippen LogP contribution in [0, 0.1) is 38.3 Å². The lowest BCUT2D eigenvalue weighted by Crippen LogP contribution is -2.49. The summed E-state index contributed by atoms with van der Waals surface area (Å²) in [7, 11) is 0. The molecule has 1 aromatic heterocycles. The lowest BCUT2D eigenvalue weighted by Gasteiger charge is -2.34. The highest BCUT2D eigenvalue weighted by Crippen LogP contribution is 2.33. The highest BCUT2D eigenvalue weighted by molar-refractivity contribution is 5.82.